The van der Waals surface area contributed by atoms with Crippen LogP contribution in [0, 0.1) is 11.8 Å². The standard InChI is InChI=1S/C17H26ClNO/c1-12(2)20-17-9-8-15(10-16(17)18)19-11-14-6-4-13(3)5-7-14/h8-10,12-14,19H,4-7,11H2,1-3H3. The van der Waals surface area contributed by atoms with Gasteiger partial charge in [-0.05, 0) is 56.7 Å². The maximum Gasteiger partial charge on any atom is 0.138 e. The average Bonchev–Trinajstić information content (AvgIpc) is 2.40. The van der Waals surface area contributed by atoms with E-state index in [0.29, 0.717) is 5.02 Å². The first kappa shape index (κ1) is 15.5. The lowest BCUT2D eigenvalue weighted by molar-refractivity contribution is 0.242. The largest absolute Gasteiger partial charge is 0.489 e. The molecule has 0 aromatic heterocycles. The van der Waals surface area contributed by atoms with E-state index in [1.807, 2.05) is 26.0 Å². The maximum atomic E-state index is 6.25. The molecule has 0 amide bonds. The highest BCUT2D eigenvalue weighted by Gasteiger charge is 2.17. The van der Waals surface area contributed by atoms with E-state index >= 15 is 0 Å². The van der Waals surface area contributed by atoms with Crippen LogP contribution < -0.4 is 10.1 Å². The molecule has 20 heavy (non-hydrogen) atoms. The first-order chi connectivity index (χ1) is 9.54. The molecule has 0 saturated heterocycles. The summed E-state index contributed by atoms with van der Waals surface area (Å²) < 4.78 is 5.65. The third-order valence-corrected chi connectivity index (χ3v) is 4.32. The molecule has 2 nitrogen and oxygen atoms in total. The molecule has 1 aromatic carbocycles. The summed E-state index contributed by atoms with van der Waals surface area (Å²) in [6.45, 7) is 7.42. The van der Waals surface area contributed by atoms with Crippen LogP contribution in [0.3, 0.4) is 0 Å². The molecule has 0 spiro atoms. The van der Waals surface area contributed by atoms with Crippen LogP contribution in [0.4, 0.5) is 5.69 Å². The molecular weight excluding hydrogens is 270 g/mol. The lowest BCUT2D eigenvalue weighted by atomic mass is 9.83. The molecule has 112 valence electrons. The fourth-order valence-electron chi connectivity index (χ4n) is 2.76. The Hall–Kier alpha value is -0.890. The minimum Gasteiger partial charge on any atom is -0.489 e. The number of rotatable bonds is 5. The summed E-state index contributed by atoms with van der Waals surface area (Å²) >= 11 is 6.25. The Balaban J connectivity index is 1.85. The van der Waals surface area contributed by atoms with Crippen LogP contribution >= 0.6 is 11.6 Å². The van der Waals surface area contributed by atoms with Gasteiger partial charge in [-0.2, -0.15) is 0 Å². The summed E-state index contributed by atoms with van der Waals surface area (Å²) in [7, 11) is 0. The Morgan fingerprint density at radius 1 is 1.25 bits per heavy atom. The first-order valence-electron chi connectivity index (χ1n) is 7.74. The highest BCUT2D eigenvalue weighted by molar-refractivity contribution is 6.32. The molecule has 0 aliphatic heterocycles. The first-order valence-corrected chi connectivity index (χ1v) is 8.12. The lowest BCUT2D eigenvalue weighted by Crippen LogP contribution is -2.20. The second-order valence-corrected chi connectivity index (χ2v) is 6.73. The fourth-order valence-corrected chi connectivity index (χ4v) is 2.98. The van der Waals surface area contributed by atoms with E-state index in [0.717, 1.165) is 29.8 Å². The summed E-state index contributed by atoms with van der Waals surface area (Å²) in [5, 5.41) is 4.19. The second-order valence-electron chi connectivity index (χ2n) is 6.32. The van der Waals surface area contributed by atoms with E-state index in [1.165, 1.54) is 25.7 Å². The van der Waals surface area contributed by atoms with Crippen LogP contribution in [-0.4, -0.2) is 12.6 Å². The van der Waals surface area contributed by atoms with Gasteiger partial charge in [0.25, 0.3) is 0 Å². The number of hydrogen-bond donors (Lipinski definition) is 1. The van der Waals surface area contributed by atoms with Gasteiger partial charge in [-0.25, -0.2) is 0 Å². The van der Waals surface area contributed by atoms with E-state index in [9.17, 15) is 0 Å². The number of halogens is 1. The van der Waals surface area contributed by atoms with Gasteiger partial charge in [-0.15, -0.1) is 0 Å². The molecule has 2 rings (SSSR count). The highest BCUT2D eigenvalue weighted by Crippen LogP contribution is 2.31. The van der Waals surface area contributed by atoms with Crippen molar-refractivity contribution in [2.75, 3.05) is 11.9 Å². The molecule has 0 unspecified atom stereocenters. The summed E-state index contributed by atoms with van der Waals surface area (Å²) in [4.78, 5) is 0. The van der Waals surface area contributed by atoms with E-state index in [2.05, 4.69) is 18.3 Å². The molecule has 1 aliphatic rings. The van der Waals surface area contributed by atoms with Crippen LogP contribution in [0.1, 0.15) is 46.5 Å². The third kappa shape index (κ3) is 4.59. The van der Waals surface area contributed by atoms with Crippen LogP contribution in [0.15, 0.2) is 18.2 Å². The van der Waals surface area contributed by atoms with Crippen molar-refractivity contribution >= 4 is 17.3 Å². The number of anilines is 1. The topological polar surface area (TPSA) is 21.3 Å². The second kappa shape index (κ2) is 7.21. The van der Waals surface area contributed by atoms with Gasteiger partial charge in [0, 0.05) is 12.2 Å². The predicted octanol–water partition coefficient (Wildman–Crippen LogP) is 5.37. The fraction of sp³-hybridized carbons (Fsp3) is 0.647. The Morgan fingerprint density at radius 2 is 1.95 bits per heavy atom. The number of hydrogen-bond acceptors (Lipinski definition) is 2. The van der Waals surface area contributed by atoms with Gasteiger partial charge < -0.3 is 10.1 Å². The minimum atomic E-state index is 0.149. The smallest absolute Gasteiger partial charge is 0.138 e. The van der Waals surface area contributed by atoms with Crippen LogP contribution in [0.2, 0.25) is 5.02 Å². The zero-order valence-electron chi connectivity index (χ0n) is 12.8. The van der Waals surface area contributed by atoms with Crippen molar-refractivity contribution in [2.24, 2.45) is 11.8 Å². The Labute approximate surface area is 127 Å². The molecule has 1 N–H and O–H groups in total. The molecule has 0 heterocycles. The van der Waals surface area contributed by atoms with Gasteiger partial charge in [0.1, 0.15) is 5.75 Å². The number of nitrogens with one attached hydrogen (secondary N) is 1. The summed E-state index contributed by atoms with van der Waals surface area (Å²) in [6, 6.07) is 5.97. The van der Waals surface area contributed by atoms with E-state index < -0.39 is 0 Å². The van der Waals surface area contributed by atoms with Crippen LogP contribution in [-0.2, 0) is 0 Å². The molecule has 1 aromatic rings. The zero-order chi connectivity index (χ0) is 14.5. The van der Waals surface area contributed by atoms with Gasteiger partial charge >= 0.3 is 0 Å². The Morgan fingerprint density at radius 3 is 2.55 bits per heavy atom. The van der Waals surface area contributed by atoms with Crippen molar-refractivity contribution in [2.45, 2.75) is 52.6 Å². The van der Waals surface area contributed by atoms with Crippen molar-refractivity contribution < 1.29 is 4.74 Å². The minimum absolute atomic E-state index is 0.149. The number of benzene rings is 1. The SMILES string of the molecule is CC1CCC(CNc2ccc(OC(C)C)c(Cl)c2)CC1. The molecule has 0 atom stereocenters. The Kier molecular flexibility index (Phi) is 5.59. The summed E-state index contributed by atoms with van der Waals surface area (Å²) in [5.41, 5.74) is 1.09. The van der Waals surface area contributed by atoms with Crippen molar-refractivity contribution in [3.63, 3.8) is 0 Å². The molecular formula is C17H26ClNO. The number of ether oxygens (including phenoxy) is 1. The highest BCUT2D eigenvalue weighted by atomic mass is 35.5. The molecule has 0 bridgehead atoms. The van der Waals surface area contributed by atoms with Crippen molar-refractivity contribution in [1.82, 2.24) is 0 Å². The summed E-state index contributed by atoms with van der Waals surface area (Å²) in [6.07, 6.45) is 5.57. The van der Waals surface area contributed by atoms with Gasteiger partial charge in [0.05, 0.1) is 11.1 Å². The van der Waals surface area contributed by atoms with Crippen molar-refractivity contribution in [3.05, 3.63) is 23.2 Å². The van der Waals surface area contributed by atoms with Crippen molar-refractivity contribution in [3.8, 4) is 5.75 Å². The van der Waals surface area contributed by atoms with Crippen LogP contribution in [0.25, 0.3) is 0 Å². The van der Waals surface area contributed by atoms with E-state index in [1.54, 1.807) is 0 Å². The van der Waals surface area contributed by atoms with Gasteiger partial charge in [-0.1, -0.05) is 31.4 Å². The van der Waals surface area contributed by atoms with Crippen molar-refractivity contribution in [1.29, 1.82) is 0 Å². The maximum absolute atomic E-state index is 6.25. The lowest BCUT2D eigenvalue weighted by Gasteiger charge is -2.26. The third-order valence-electron chi connectivity index (χ3n) is 4.02. The molecule has 1 aliphatic carbocycles. The van der Waals surface area contributed by atoms with Gasteiger partial charge in [0.2, 0.25) is 0 Å². The van der Waals surface area contributed by atoms with Gasteiger partial charge in [-0.3, -0.25) is 0 Å². The molecule has 1 saturated carbocycles. The van der Waals surface area contributed by atoms with E-state index in [-0.39, 0.29) is 6.10 Å². The molecule has 3 heteroatoms. The molecule has 1 fully saturated rings. The predicted molar refractivity (Wildman–Crippen MR) is 86.8 cm³/mol. The quantitative estimate of drug-likeness (QED) is 0.789. The average molecular weight is 296 g/mol. The summed E-state index contributed by atoms with van der Waals surface area (Å²) in [5.74, 6) is 2.48. The Bertz CT molecular complexity index is 425. The molecule has 0 radical (unpaired) electrons. The monoisotopic (exact) mass is 295 g/mol. The zero-order valence-corrected chi connectivity index (χ0v) is 13.5. The van der Waals surface area contributed by atoms with Crippen LogP contribution in [0.5, 0.6) is 5.75 Å². The van der Waals surface area contributed by atoms with Gasteiger partial charge in [0.15, 0.2) is 0 Å². The van der Waals surface area contributed by atoms with E-state index in [4.69, 9.17) is 16.3 Å². The normalized spacial score (nSPS) is 22.9.